The Balaban J connectivity index is 1.84. The van der Waals surface area contributed by atoms with Crippen LogP contribution >= 0.6 is 22.9 Å². The van der Waals surface area contributed by atoms with Gasteiger partial charge in [-0.15, -0.1) is 11.3 Å². The normalized spacial score (nSPS) is 12.3. The van der Waals surface area contributed by atoms with Gasteiger partial charge in [0.15, 0.2) is 6.10 Å². The number of hydrogen-bond acceptors (Lipinski definition) is 7. The number of aryl methyl sites for hydroxylation is 2. The van der Waals surface area contributed by atoms with Crippen LogP contribution in [0.15, 0.2) is 57.8 Å². The number of aliphatic carboxylic acids is 1. The monoisotopic (exact) mass is 549 g/mol. The Labute approximate surface area is 217 Å². The van der Waals surface area contributed by atoms with Gasteiger partial charge in [0, 0.05) is 5.56 Å². The second-order valence-corrected chi connectivity index (χ2v) is 11.4. The van der Waals surface area contributed by atoms with Crippen molar-refractivity contribution in [3.63, 3.8) is 0 Å². The Morgan fingerprint density at radius 3 is 2.58 bits per heavy atom. The minimum absolute atomic E-state index is 0.0105. The summed E-state index contributed by atoms with van der Waals surface area (Å²) in [5, 5.41) is 13.1. The molecule has 0 aliphatic rings. The van der Waals surface area contributed by atoms with E-state index in [2.05, 4.69) is 15.2 Å². The molecule has 0 fully saturated rings. The number of carboxylic acids is 1. The zero-order valence-electron chi connectivity index (χ0n) is 19.6. The van der Waals surface area contributed by atoms with Crippen LogP contribution in [0.5, 0.6) is 5.75 Å². The Hall–Kier alpha value is -3.41. The molecule has 2 aromatic carbocycles. The zero-order valence-corrected chi connectivity index (χ0v) is 22.0. The SMILES string of the molecule is CCc1ccc(OC(C)C(=O)O)c(/C=N\NC(=O)c2cc(C)ccc2NS(=O)(=O)c2ccc(Cl)s2)c1. The number of hydrazone groups is 1. The molecule has 0 aliphatic carbocycles. The summed E-state index contributed by atoms with van der Waals surface area (Å²) in [5.74, 6) is -1.48. The number of hydrogen-bond donors (Lipinski definition) is 3. The van der Waals surface area contributed by atoms with Crippen molar-refractivity contribution in [3.05, 3.63) is 75.1 Å². The molecule has 1 amide bonds. The molecule has 1 aromatic heterocycles. The van der Waals surface area contributed by atoms with Crippen molar-refractivity contribution >= 4 is 56.7 Å². The first kappa shape index (κ1) is 27.2. The number of carboxylic acid groups (broad SMARTS) is 1. The average molecular weight is 550 g/mol. The van der Waals surface area contributed by atoms with E-state index in [9.17, 15) is 18.0 Å². The first-order valence-electron chi connectivity index (χ1n) is 10.7. The van der Waals surface area contributed by atoms with Crippen molar-refractivity contribution in [2.24, 2.45) is 5.10 Å². The van der Waals surface area contributed by atoms with Gasteiger partial charge in [-0.25, -0.2) is 18.6 Å². The minimum atomic E-state index is -3.96. The smallest absolute Gasteiger partial charge is 0.344 e. The molecule has 0 spiro atoms. The molecule has 0 saturated heterocycles. The van der Waals surface area contributed by atoms with E-state index in [1.807, 2.05) is 13.0 Å². The number of sulfonamides is 1. The van der Waals surface area contributed by atoms with Gasteiger partial charge in [-0.1, -0.05) is 36.2 Å². The summed E-state index contributed by atoms with van der Waals surface area (Å²) < 4.78 is 33.7. The molecule has 0 bridgehead atoms. The molecular formula is C24H24ClN3O6S2. The fourth-order valence-corrected chi connectivity index (χ4v) is 5.62. The van der Waals surface area contributed by atoms with E-state index in [1.54, 1.807) is 25.1 Å². The highest BCUT2D eigenvalue weighted by molar-refractivity contribution is 7.94. The number of nitrogens with one attached hydrogen (secondary N) is 2. The van der Waals surface area contributed by atoms with Crippen molar-refractivity contribution in [2.75, 3.05) is 4.72 Å². The van der Waals surface area contributed by atoms with Gasteiger partial charge < -0.3 is 9.84 Å². The maximum absolute atomic E-state index is 12.9. The summed E-state index contributed by atoms with van der Waals surface area (Å²) in [6.45, 7) is 5.13. The number of halogens is 1. The molecule has 1 atom stereocenters. The van der Waals surface area contributed by atoms with E-state index in [0.717, 1.165) is 28.9 Å². The number of thiophene rings is 1. The van der Waals surface area contributed by atoms with Crippen molar-refractivity contribution in [1.82, 2.24) is 5.43 Å². The van der Waals surface area contributed by atoms with Crippen molar-refractivity contribution < 1.29 is 27.9 Å². The molecule has 3 N–H and O–H groups in total. The summed E-state index contributed by atoms with van der Waals surface area (Å²) >= 11 is 6.76. The summed E-state index contributed by atoms with van der Waals surface area (Å²) in [4.78, 5) is 24.1. The second kappa shape index (κ2) is 11.5. The maximum atomic E-state index is 12.9. The zero-order chi connectivity index (χ0) is 26.5. The lowest BCUT2D eigenvalue weighted by Crippen LogP contribution is -2.23. The highest BCUT2D eigenvalue weighted by atomic mass is 35.5. The number of rotatable bonds is 10. The molecule has 1 heterocycles. The third-order valence-corrected chi connectivity index (χ3v) is 8.07. The molecular weight excluding hydrogens is 526 g/mol. The number of ether oxygens (including phenoxy) is 1. The molecule has 36 heavy (non-hydrogen) atoms. The highest BCUT2D eigenvalue weighted by Crippen LogP contribution is 2.28. The standard InChI is InChI=1S/C24H24ClN3O6S2/c1-4-16-6-8-20(34-15(3)24(30)31)17(12-16)13-26-27-23(29)18-11-14(2)5-7-19(18)28-36(32,33)22-10-9-21(25)35-22/h5-13,15,28H,4H2,1-3H3,(H,27,29)(H,30,31)/b26-13-. The van der Waals surface area contributed by atoms with Crippen LogP contribution in [0.3, 0.4) is 0 Å². The lowest BCUT2D eigenvalue weighted by Gasteiger charge is -2.14. The van der Waals surface area contributed by atoms with Crippen molar-refractivity contribution in [1.29, 1.82) is 0 Å². The van der Waals surface area contributed by atoms with E-state index < -0.39 is 28.0 Å². The van der Waals surface area contributed by atoms with Crippen LogP contribution in [0.1, 0.15) is 40.9 Å². The van der Waals surface area contributed by atoms with Gasteiger partial charge in [0.1, 0.15) is 9.96 Å². The van der Waals surface area contributed by atoms with Crippen LogP contribution in [0.2, 0.25) is 4.34 Å². The highest BCUT2D eigenvalue weighted by Gasteiger charge is 2.21. The van der Waals surface area contributed by atoms with Crippen LogP contribution in [-0.2, 0) is 21.2 Å². The van der Waals surface area contributed by atoms with Gasteiger partial charge >= 0.3 is 5.97 Å². The summed E-state index contributed by atoms with van der Waals surface area (Å²) in [5.41, 5.74) is 4.70. The lowest BCUT2D eigenvalue weighted by molar-refractivity contribution is -0.144. The fourth-order valence-electron chi connectivity index (χ4n) is 3.06. The van der Waals surface area contributed by atoms with Crippen LogP contribution in [0.25, 0.3) is 0 Å². The van der Waals surface area contributed by atoms with Gasteiger partial charge in [-0.3, -0.25) is 9.52 Å². The van der Waals surface area contributed by atoms with Crippen LogP contribution in [0, 0.1) is 6.92 Å². The molecule has 9 nitrogen and oxygen atoms in total. The van der Waals surface area contributed by atoms with Gasteiger partial charge in [-0.05, 0) is 62.2 Å². The topological polar surface area (TPSA) is 134 Å². The van der Waals surface area contributed by atoms with E-state index in [-0.39, 0.29) is 15.5 Å². The van der Waals surface area contributed by atoms with E-state index in [1.165, 1.54) is 37.4 Å². The fraction of sp³-hybridized carbons (Fsp3) is 0.208. The third kappa shape index (κ3) is 6.84. The number of anilines is 1. The van der Waals surface area contributed by atoms with Gasteiger partial charge in [-0.2, -0.15) is 5.10 Å². The molecule has 12 heteroatoms. The van der Waals surface area contributed by atoms with Gasteiger partial charge in [0.2, 0.25) is 0 Å². The van der Waals surface area contributed by atoms with Crippen molar-refractivity contribution in [2.45, 2.75) is 37.5 Å². The number of benzene rings is 2. The van der Waals surface area contributed by atoms with E-state index in [4.69, 9.17) is 21.4 Å². The largest absolute Gasteiger partial charge is 0.479 e. The number of nitrogens with zero attached hydrogens (tertiary/aromatic N) is 1. The molecule has 1 unspecified atom stereocenters. The Kier molecular flexibility index (Phi) is 8.72. The molecule has 0 radical (unpaired) electrons. The second-order valence-electron chi connectivity index (χ2n) is 7.74. The van der Waals surface area contributed by atoms with Gasteiger partial charge in [0.05, 0.1) is 21.8 Å². The summed E-state index contributed by atoms with van der Waals surface area (Å²) in [6.07, 6.45) is 0.985. The first-order chi connectivity index (χ1) is 17.0. The quantitative estimate of drug-likeness (QED) is 0.248. The molecule has 190 valence electrons. The van der Waals surface area contributed by atoms with Crippen LogP contribution < -0.4 is 14.9 Å². The van der Waals surface area contributed by atoms with Gasteiger partial charge in [0.25, 0.3) is 15.9 Å². The molecule has 3 rings (SSSR count). The van der Waals surface area contributed by atoms with E-state index in [0.29, 0.717) is 15.6 Å². The van der Waals surface area contributed by atoms with Crippen LogP contribution in [-0.4, -0.2) is 37.7 Å². The third-order valence-electron chi connectivity index (χ3n) is 4.98. The average Bonchev–Trinajstić information content (AvgIpc) is 3.28. The Bertz CT molecular complexity index is 1420. The summed E-state index contributed by atoms with van der Waals surface area (Å²) in [7, 11) is -3.96. The predicted octanol–water partition coefficient (Wildman–Crippen LogP) is 4.69. The molecule has 0 saturated carbocycles. The molecule has 0 aliphatic heterocycles. The van der Waals surface area contributed by atoms with E-state index >= 15 is 0 Å². The minimum Gasteiger partial charge on any atom is -0.479 e. The predicted molar refractivity (Wildman–Crippen MR) is 140 cm³/mol. The lowest BCUT2D eigenvalue weighted by atomic mass is 10.1. The Morgan fingerprint density at radius 1 is 1.19 bits per heavy atom. The maximum Gasteiger partial charge on any atom is 0.344 e. The Morgan fingerprint density at radius 2 is 1.94 bits per heavy atom. The molecule has 3 aromatic rings. The van der Waals surface area contributed by atoms with Crippen molar-refractivity contribution in [3.8, 4) is 5.75 Å². The number of amides is 1. The van der Waals surface area contributed by atoms with Crippen LogP contribution in [0.4, 0.5) is 5.69 Å². The number of carbonyl (C=O) groups excluding carboxylic acids is 1. The number of carbonyl (C=O) groups is 2. The summed E-state index contributed by atoms with van der Waals surface area (Å²) in [6, 6.07) is 12.8. The first-order valence-corrected chi connectivity index (χ1v) is 13.4.